The minimum absolute atomic E-state index is 0.224. The van der Waals surface area contributed by atoms with E-state index in [1.54, 1.807) is 24.2 Å². The van der Waals surface area contributed by atoms with Crippen LogP contribution in [0.3, 0.4) is 0 Å². The van der Waals surface area contributed by atoms with Crippen molar-refractivity contribution in [3.8, 4) is 5.75 Å². The quantitative estimate of drug-likeness (QED) is 0.817. The van der Waals surface area contributed by atoms with Gasteiger partial charge in [-0.2, -0.15) is 0 Å². The smallest absolute Gasteiger partial charge is 0.289 e. The number of ether oxygens (including phenoxy) is 1. The van der Waals surface area contributed by atoms with Crippen LogP contribution in [0.4, 0.5) is 5.69 Å². The summed E-state index contributed by atoms with van der Waals surface area (Å²) in [5, 5.41) is 3.32. The normalized spacial score (nSPS) is 20.1. The Morgan fingerprint density at radius 3 is 2.30 bits per heavy atom. The minimum Gasteiger partial charge on any atom is -0.481 e. The first-order valence-electron chi connectivity index (χ1n) is 8.99. The molecule has 0 N–H and O–H groups in total. The van der Waals surface area contributed by atoms with Crippen molar-refractivity contribution in [3.05, 3.63) is 60.7 Å². The van der Waals surface area contributed by atoms with Gasteiger partial charge in [-0.15, -0.1) is 0 Å². The predicted octanol–water partition coefficient (Wildman–Crippen LogP) is 3.09. The first-order chi connectivity index (χ1) is 13.0. The Morgan fingerprint density at radius 2 is 1.70 bits per heavy atom. The Balaban J connectivity index is 1.82. The Bertz CT molecular complexity index is 836. The highest BCUT2D eigenvalue weighted by molar-refractivity contribution is 6.48. The zero-order chi connectivity index (χ0) is 19.4. The van der Waals surface area contributed by atoms with Gasteiger partial charge < -0.3 is 4.74 Å². The second kappa shape index (κ2) is 8.14. The van der Waals surface area contributed by atoms with Crippen LogP contribution in [0, 0.1) is 0 Å². The molecule has 140 valence electrons. The van der Waals surface area contributed by atoms with E-state index in [0.29, 0.717) is 12.2 Å². The van der Waals surface area contributed by atoms with Crippen molar-refractivity contribution in [1.29, 1.82) is 0 Å². The number of carbonyl (C=O) groups is 2. The van der Waals surface area contributed by atoms with Crippen LogP contribution in [0.25, 0.3) is 0 Å². The number of hydrogen-bond acceptors (Lipinski definition) is 4. The summed E-state index contributed by atoms with van der Waals surface area (Å²) in [6.45, 7) is 3.71. The highest BCUT2D eigenvalue weighted by Crippen LogP contribution is 2.24. The van der Waals surface area contributed by atoms with E-state index in [0.717, 1.165) is 5.69 Å². The van der Waals surface area contributed by atoms with E-state index in [-0.39, 0.29) is 17.7 Å². The molecule has 6 nitrogen and oxygen atoms in total. The Hall–Kier alpha value is -2.99. The van der Waals surface area contributed by atoms with Crippen LogP contribution in [0.1, 0.15) is 20.3 Å². The zero-order valence-electron chi connectivity index (χ0n) is 15.7. The number of carbonyl (C=O) groups excluding carboxylic acids is 2. The monoisotopic (exact) mass is 365 g/mol. The van der Waals surface area contributed by atoms with Gasteiger partial charge in [-0.3, -0.25) is 9.59 Å². The number of aliphatic imine (C=N–C) groups is 1. The maximum Gasteiger partial charge on any atom is 0.289 e. The molecule has 2 unspecified atom stereocenters. The van der Waals surface area contributed by atoms with Crippen molar-refractivity contribution in [1.82, 2.24) is 5.01 Å². The lowest BCUT2D eigenvalue weighted by Gasteiger charge is -2.25. The van der Waals surface area contributed by atoms with Gasteiger partial charge in [-0.1, -0.05) is 43.3 Å². The molecule has 1 heterocycles. The van der Waals surface area contributed by atoms with Gasteiger partial charge in [0.2, 0.25) is 0 Å². The number of nitrogens with zero attached hydrogens (tertiary/aromatic N) is 3. The molecule has 3 rings (SSSR count). The average Bonchev–Trinajstić information content (AvgIpc) is 2.90. The standard InChI is InChI=1S/C21H23N3O3/c1-4-18(27-17-13-9-6-10-14-17)20(25)22-19-15(2)23(3)24(21(19)26)16-11-7-5-8-12-16/h5-15,18H,4H2,1-3H3. The van der Waals surface area contributed by atoms with Crippen LogP contribution in [-0.4, -0.2) is 41.7 Å². The minimum atomic E-state index is -0.726. The van der Waals surface area contributed by atoms with E-state index in [2.05, 4.69) is 4.99 Å². The Morgan fingerprint density at radius 1 is 1.11 bits per heavy atom. The molecule has 0 aromatic heterocycles. The number of anilines is 1. The van der Waals surface area contributed by atoms with E-state index < -0.39 is 12.0 Å². The van der Waals surface area contributed by atoms with Crippen molar-refractivity contribution >= 4 is 23.2 Å². The second-order valence-corrected chi connectivity index (χ2v) is 6.37. The summed E-state index contributed by atoms with van der Waals surface area (Å²) < 4.78 is 5.75. The van der Waals surface area contributed by atoms with Crippen molar-refractivity contribution in [2.45, 2.75) is 32.4 Å². The van der Waals surface area contributed by atoms with Crippen molar-refractivity contribution < 1.29 is 14.3 Å². The lowest BCUT2D eigenvalue weighted by molar-refractivity contribution is -0.124. The van der Waals surface area contributed by atoms with Crippen LogP contribution in [0.2, 0.25) is 0 Å². The molecule has 0 saturated carbocycles. The fourth-order valence-electron chi connectivity index (χ4n) is 2.95. The molecule has 6 heteroatoms. The highest BCUT2D eigenvalue weighted by atomic mass is 16.5. The van der Waals surface area contributed by atoms with Gasteiger partial charge in [0, 0.05) is 7.05 Å². The molecule has 2 atom stereocenters. The number of hydrazine groups is 1. The van der Waals surface area contributed by atoms with E-state index in [4.69, 9.17) is 4.74 Å². The fourth-order valence-corrected chi connectivity index (χ4v) is 2.95. The summed E-state index contributed by atoms with van der Waals surface area (Å²) in [6.07, 6.45) is -0.262. The van der Waals surface area contributed by atoms with E-state index in [1.165, 1.54) is 5.01 Å². The molecule has 1 aliphatic heterocycles. The van der Waals surface area contributed by atoms with Gasteiger partial charge in [-0.25, -0.2) is 15.0 Å². The number of rotatable bonds is 5. The summed E-state index contributed by atoms with van der Waals surface area (Å²) in [5.74, 6) is -0.134. The van der Waals surface area contributed by atoms with Gasteiger partial charge in [-0.05, 0) is 37.6 Å². The van der Waals surface area contributed by atoms with Gasteiger partial charge >= 0.3 is 0 Å². The van der Waals surface area contributed by atoms with Crippen LogP contribution >= 0.6 is 0 Å². The van der Waals surface area contributed by atoms with E-state index in [9.17, 15) is 9.59 Å². The molecular formula is C21H23N3O3. The molecule has 2 aromatic rings. The molecule has 1 saturated heterocycles. The molecule has 27 heavy (non-hydrogen) atoms. The zero-order valence-corrected chi connectivity index (χ0v) is 15.7. The lowest BCUT2D eigenvalue weighted by atomic mass is 10.2. The molecular weight excluding hydrogens is 342 g/mol. The molecule has 2 amide bonds. The first-order valence-corrected chi connectivity index (χ1v) is 8.99. The summed E-state index contributed by atoms with van der Waals surface area (Å²) in [6, 6.07) is 18.1. The van der Waals surface area contributed by atoms with Crippen LogP contribution in [0.15, 0.2) is 65.7 Å². The van der Waals surface area contributed by atoms with Crippen molar-refractivity contribution in [2.75, 3.05) is 12.1 Å². The Kier molecular flexibility index (Phi) is 5.66. The molecule has 2 aromatic carbocycles. The highest BCUT2D eigenvalue weighted by Gasteiger charge is 2.40. The lowest BCUT2D eigenvalue weighted by Crippen LogP contribution is -2.38. The molecule has 1 aliphatic rings. The summed E-state index contributed by atoms with van der Waals surface area (Å²) >= 11 is 0. The third kappa shape index (κ3) is 3.90. The molecule has 1 fully saturated rings. The number of benzene rings is 2. The average molecular weight is 365 g/mol. The fraction of sp³-hybridized carbons (Fsp3) is 0.286. The summed E-state index contributed by atoms with van der Waals surface area (Å²) in [5.41, 5.74) is 0.962. The van der Waals surface area contributed by atoms with Crippen LogP contribution in [-0.2, 0) is 9.59 Å². The maximum atomic E-state index is 12.9. The molecule has 0 spiro atoms. The number of hydrogen-bond donors (Lipinski definition) is 0. The Labute approximate surface area is 159 Å². The SMILES string of the molecule is CCC(Oc1ccccc1)C(=O)N=C1C(=O)N(c2ccccc2)N(C)C1C. The van der Waals surface area contributed by atoms with E-state index >= 15 is 0 Å². The number of amides is 2. The maximum absolute atomic E-state index is 12.9. The third-order valence-electron chi connectivity index (χ3n) is 4.58. The number of para-hydroxylation sites is 2. The van der Waals surface area contributed by atoms with E-state index in [1.807, 2.05) is 62.4 Å². The van der Waals surface area contributed by atoms with Gasteiger partial charge in [0.05, 0.1) is 11.7 Å². The van der Waals surface area contributed by atoms with Gasteiger partial charge in [0.15, 0.2) is 6.10 Å². The summed E-state index contributed by atoms with van der Waals surface area (Å²) in [4.78, 5) is 29.7. The van der Waals surface area contributed by atoms with Crippen molar-refractivity contribution in [3.63, 3.8) is 0 Å². The molecule has 0 radical (unpaired) electrons. The first kappa shape index (κ1) is 18.8. The molecule has 0 aliphatic carbocycles. The second-order valence-electron chi connectivity index (χ2n) is 6.37. The largest absolute Gasteiger partial charge is 0.481 e. The topological polar surface area (TPSA) is 62.2 Å². The molecule has 0 bridgehead atoms. The third-order valence-corrected chi connectivity index (χ3v) is 4.58. The van der Waals surface area contributed by atoms with Gasteiger partial charge in [0.25, 0.3) is 11.8 Å². The predicted molar refractivity (Wildman–Crippen MR) is 105 cm³/mol. The summed E-state index contributed by atoms with van der Waals surface area (Å²) in [7, 11) is 1.81. The van der Waals surface area contributed by atoms with Gasteiger partial charge in [0.1, 0.15) is 11.5 Å². The van der Waals surface area contributed by atoms with Crippen molar-refractivity contribution in [2.24, 2.45) is 4.99 Å². The van der Waals surface area contributed by atoms with Crippen LogP contribution in [0.5, 0.6) is 5.75 Å². The van der Waals surface area contributed by atoms with Crippen LogP contribution < -0.4 is 9.75 Å².